The molecule has 0 bridgehead atoms. The molecule has 158 valence electrons. The Hall–Kier alpha value is -2.33. The van der Waals surface area contributed by atoms with Crippen molar-refractivity contribution in [2.75, 3.05) is 6.54 Å². The van der Waals surface area contributed by atoms with Gasteiger partial charge < -0.3 is 10.2 Å². The molecule has 0 spiro atoms. The van der Waals surface area contributed by atoms with Crippen molar-refractivity contribution in [1.29, 1.82) is 0 Å². The highest BCUT2D eigenvalue weighted by Gasteiger charge is 2.36. The Kier molecular flexibility index (Phi) is 6.73. The molecular formula is C25H29ClN2O2. The number of halogens is 1. The first-order valence-corrected chi connectivity index (χ1v) is 11.4. The number of carbonyl (C=O) groups is 2. The molecule has 5 heteroatoms. The molecule has 1 heterocycles. The van der Waals surface area contributed by atoms with Gasteiger partial charge in [-0.3, -0.25) is 9.59 Å². The zero-order valence-electron chi connectivity index (χ0n) is 17.2. The van der Waals surface area contributed by atoms with E-state index < -0.39 is 0 Å². The number of piperidine rings is 1. The van der Waals surface area contributed by atoms with E-state index in [2.05, 4.69) is 10.2 Å². The van der Waals surface area contributed by atoms with Crippen LogP contribution in [-0.4, -0.2) is 29.3 Å². The first-order chi connectivity index (χ1) is 14.6. The Labute approximate surface area is 183 Å². The fraction of sp³-hybridized carbons (Fsp3) is 0.440. The lowest BCUT2D eigenvalue weighted by Crippen LogP contribution is -2.50. The van der Waals surface area contributed by atoms with E-state index in [4.69, 9.17) is 11.6 Å². The highest BCUT2D eigenvalue weighted by Crippen LogP contribution is 2.36. The highest BCUT2D eigenvalue weighted by molar-refractivity contribution is 6.33. The van der Waals surface area contributed by atoms with Crippen molar-refractivity contribution in [2.24, 2.45) is 5.92 Å². The van der Waals surface area contributed by atoms with Gasteiger partial charge in [0.2, 0.25) is 5.91 Å². The van der Waals surface area contributed by atoms with Gasteiger partial charge in [0.25, 0.3) is 5.91 Å². The van der Waals surface area contributed by atoms with Gasteiger partial charge in [-0.05, 0) is 49.3 Å². The van der Waals surface area contributed by atoms with E-state index in [1.54, 1.807) is 24.3 Å². The summed E-state index contributed by atoms with van der Waals surface area (Å²) >= 11 is 6.22. The minimum absolute atomic E-state index is 0.139. The van der Waals surface area contributed by atoms with Crippen LogP contribution in [0.25, 0.3) is 0 Å². The van der Waals surface area contributed by atoms with Gasteiger partial charge >= 0.3 is 0 Å². The van der Waals surface area contributed by atoms with E-state index in [1.165, 1.54) is 25.7 Å². The van der Waals surface area contributed by atoms with E-state index in [1.807, 2.05) is 30.3 Å². The lowest BCUT2D eigenvalue weighted by atomic mass is 9.78. The van der Waals surface area contributed by atoms with Crippen LogP contribution < -0.4 is 5.32 Å². The molecular weight excluding hydrogens is 396 g/mol. The maximum atomic E-state index is 13.4. The standard InChI is InChI=1S/C25H29ClN2O2/c26-21-14-6-5-13-20(21)25(30)27-22(18-9-2-1-3-10-18)17-24(29)28-16-8-12-19-11-4-7-15-23(19)28/h1-3,5-6,9-10,13-14,19,22-23H,4,7-8,11-12,15-17H2,(H,27,30)/t19-,22+,23-/m0/s1. The summed E-state index contributed by atoms with van der Waals surface area (Å²) in [6, 6.07) is 16.7. The Morgan fingerprint density at radius 1 is 0.967 bits per heavy atom. The summed E-state index contributed by atoms with van der Waals surface area (Å²) in [5.41, 5.74) is 1.36. The number of benzene rings is 2. The lowest BCUT2D eigenvalue weighted by Gasteiger charge is -2.44. The van der Waals surface area contributed by atoms with Crippen molar-refractivity contribution in [3.05, 3.63) is 70.7 Å². The predicted octanol–water partition coefficient (Wildman–Crippen LogP) is 5.38. The van der Waals surface area contributed by atoms with E-state index in [9.17, 15) is 9.59 Å². The largest absolute Gasteiger partial charge is 0.345 e. The van der Waals surface area contributed by atoms with Crippen LogP contribution in [0.5, 0.6) is 0 Å². The number of fused-ring (bicyclic) bond motifs is 1. The topological polar surface area (TPSA) is 49.4 Å². The second-order valence-corrected chi connectivity index (χ2v) is 8.87. The van der Waals surface area contributed by atoms with Gasteiger partial charge in [-0.1, -0.05) is 66.9 Å². The third-order valence-electron chi connectivity index (χ3n) is 6.57. The molecule has 0 radical (unpaired) electrons. The van der Waals surface area contributed by atoms with Gasteiger partial charge in [0.1, 0.15) is 0 Å². The molecule has 1 saturated heterocycles. The molecule has 1 aliphatic heterocycles. The molecule has 4 rings (SSSR count). The lowest BCUT2D eigenvalue weighted by molar-refractivity contribution is -0.138. The van der Waals surface area contributed by atoms with E-state index >= 15 is 0 Å². The summed E-state index contributed by atoms with van der Waals surface area (Å²) in [6.45, 7) is 0.833. The highest BCUT2D eigenvalue weighted by atomic mass is 35.5. The fourth-order valence-corrected chi connectivity index (χ4v) is 5.27. The van der Waals surface area contributed by atoms with Gasteiger partial charge in [-0.15, -0.1) is 0 Å². The number of hydrogen-bond donors (Lipinski definition) is 1. The maximum absolute atomic E-state index is 13.4. The minimum Gasteiger partial charge on any atom is -0.345 e. The summed E-state index contributed by atoms with van der Waals surface area (Å²) in [4.78, 5) is 28.4. The van der Waals surface area contributed by atoms with Crippen molar-refractivity contribution < 1.29 is 9.59 Å². The Morgan fingerprint density at radius 3 is 2.47 bits per heavy atom. The molecule has 3 atom stereocenters. The first-order valence-electron chi connectivity index (χ1n) is 11.0. The number of carbonyl (C=O) groups excluding carboxylic acids is 2. The van der Waals surface area contributed by atoms with Crippen LogP contribution in [0.3, 0.4) is 0 Å². The summed E-state index contributed by atoms with van der Waals surface area (Å²) in [5.74, 6) is 0.528. The summed E-state index contributed by atoms with van der Waals surface area (Å²) in [6.07, 6.45) is 7.41. The van der Waals surface area contributed by atoms with E-state index in [0.29, 0.717) is 22.5 Å². The van der Waals surface area contributed by atoms with Gasteiger partial charge in [0.15, 0.2) is 0 Å². The third kappa shape index (κ3) is 4.70. The first kappa shape index (κ1) is 20.9. The van der Waals surface area contributed by atoms with Crippen molar-refractivity contribution >= 4 is 23.4 Å². The quantitative estimate of drug-likeness (QED) is 0.700. The smallest absolute Gasteiger partial charge is 0.253 e. The van der Waals surface area contributed by atoms with Crippen LogP contribution in [0, 0.1) is 5.92 Å². The molecule has 0 unspecified atom stereocenters. The molecule has 2 aromatic rings. The van der Waals surface area contributed by atoms with Crippen LogP contribution in [0.1, 0.15) is 66.9 Å². The van der Waals surface area contributed by atoms with Crippen LogP contribution in [0.15, 0.2) is 54.6 Å². The average Bonchev–Trinajstić information content (AvgIpc) is 2.79. The number of nitrogens with one attached hydrogen (secondary N) is 1. The van der Waals surface area contributed by atoms with Crippen LogP contribution >= 0.6 is 11.6 Å². The average molecular weight is 425 g/mol. The van der Waals surface area contributed by atoms with Crippen molar-refractivity contribution in [2.45, 2.75) is 57.0 Å². The van der Waals surface area contributed by atoms with Crippen molar-refractivity contribution in [3.63, 3.8) is 0 Å². The van der Waals surface area contributed by atoms with Gasteiger partial charge in [-0.25, -0.2) is 0 Å². The Balaban J connectivity index is 1.52. The Bertz CT molecular complexity index is 884. The molecule has 0 aromatic heterocycles. The molecule has 1 saturated carbocycles. The zero-order chi connectivity index (χ0) is 20.9. The second kappa shape index (κ2) is 9.65. The van der Waals surface area contributed by atoms with Gasteiger partial charge in [-0.2, -0.15) is 0 Å². The number of likely N-dealkylation sites (tertiary alicyclic amines) is 1. The number of amides is 2. The molecule has 2 amide bonds. The van der Waals surface area contributed by atoms with E-state index in [-0.39, 0.29) is 24.3 Å². The fourth-order valence-electron chi connectivity index (χ4n) is 5.05. The van der Waals surface area contributed by atoms with Crippen LogP contribution in [-0.2, 0) is 4.79 Å². The monoisotopic (exact) mass is 424 g/mol. The molecule has 1 N–H and O–H groups in total. The van der Waals surface area contributed by atoms with Crippen LogP contribution in [0.2, 0.25) is 5.02 Å². The van der Waals surface area contributed by atoms with Crippen molar-refractivity contribution in [1.82, 2.24) is 10.2 Å². The van der Waals surface area contributed by atoms with E-state index in [0.717, 1.165) is 24.9 Å². The van der Waals surface area contributed by atoms with Crippen molar-refractivity contribution in [3.8, 4) is 0 Å². The number of nitrogens with zero attached hydrogens (tertiary/aromatic N) is 1. The molecule has 1 aliphatic carbocycles. The normalized spacial score (nSPS) is 22.1. The molecule has 2 aromatic carbocycles. The predicted molar refractivity (Wildman–Crippen MR) is 119 cm³/mol. The number of rotatable bonds is 5. The van der Waals surface area contributed by atoms with Gasteiger partial charge in [0.05, 0.1) is 23.0 Å². The summed E-state index contributed by atoms with van der Waals surface area (Å²) < 4.78 is 0. The zero-order valence-corrected chi connectivity index (χ0v) is 18.0. The molecule has 2 fully saturated rings. The molecule has 30 heavy (non-hydrogen) atoms. The Morgan fingerprint density at radius 2 is 1.67 bits per heavy atom. The SMILES string of the molecule is O=C(N[C@H](CC(=O)N1CCC[C@@H]2CCCC[C@@H]21)c1ccccc1)c1ccccc1Cl. The van der Waals surface area contributed by atoms with Crippen LogP contribution in [0.4, 0.5) is 0 Å². The summed E-state index contributed by atoms with van der Waals surface area (Å²) in [5, 5.41) is 3.47. The molecule has 2 aliphatic rings. The third-order valence-corrected chi connectivity index (χ3v) is 6.90. The van der Waals surface area contributed by atoms with Gasteiger partial charge in [0, 0.05) is 12.6 Å². The second-order valence-electron chi connectivity index (χ2n) is 8.46. The molecule has 4 nitrogen and oxygen atoms in total. The minimum atomic E-state index is -0.383. The summed E-state index contributed by atoms with van der Waals surface area (Å²) in [7, 11) is 0. The maximum Gasteiger partial charge on any atom is 0.253 e. The number of hydrogen-bond acceptors (Lipinski definition) is 2.